The van der Waals surface area contributed by atoms with Gasteiger partial charge in [0.1, 0.15) is 18.1 Å². The van der Waals surface area contributed by atoms with E-state index in [1.54, 1.807) is 24.3 Å². The summed E-state index contributed by atoms with van der Waals surface area (Å²) >= 11 is 6.19. The lowest BCUT2D eigenvalue weighted by Gasteiger charge is -2.18. The Hall–Kier alpha value is -2.60. The molecule has 8 heteroatoms. The average Bonchev–Trinajstić information content (AvgIpc) is 2.80. The second-order valence-electron chi connectivity index (χ2n) is 7.24. The molecule has 0 saturated heterocycles. The van der Waals surface area contributed by atoms with Gasteiger partial charge in [-0.1, -0.05) is 54.6 Å². The zero-order valence-corrected chi connectivity index (χ0v) is 19.9. The maximum absolute atomic E-state index is 11.2. The minimum Gasteiger partial charge on any atom is -0.492 e. The standard InChI is InChI=1S/C25H27ClNO5P/c1-27-17-18-31-22-11-7-20(8-12-22)25(24(15-16-26)19-5-3-2-4-6-19)21-9-13-23(14-10-21)32-33(28,29)30/h2-14,27H,15-18H2,1H3,(H2,28,29,30). The summed E-state index contributed by atoms with van der Waals surface area (Å²) in [7, 11) is -2.75. The molecule has 0 radical (unpaired) electrons. The van der Waals surface area contributed by atoms with Crippen LogP contribution in [0.3, 0.4) is 0 Å². The number of phosphoric ester groups is 1. The van der Waals surface area contributed by atoms with Gasteiger partial charge in [-0.3, -0.25) is 9.79 Å². The van der Waals surface area contributed by atoms with E-state index < -0.39 is 7.82 Å². The minimum atomic E-state index is -4.63. The van der Waals surface area contributed by atoms with E-state index in [0.29, 0.717) is 18.9 Å². The molecule has 0 aliphatic carbocycles. The summed E-state index contributed by atoms with van der Waals surface area (Å²) in [6.45, 7) is 1.32. The van der Waals surface area contributed by atoms with E-state index in [4.69, 9.17) is 30.6 Å². The van der Waals surface area contributed by atoms with Crippen LogP contribution in [-0.2, 0) is 4.57 Å². The maximum Gasteiger partial charge on any atom is 0.524 e. The molecule has 0 atom stereocenters. The van der Waals surface area contributed by atoms with E-state index in [2.05, 4.69) is 5.32 Å². The van der Waals surface area contributed by atoms with Gasteiger partial charge in [0.25, 0.3) is 0 Å². The third-order valence-electron chi connectivity index (χ3n) is 4.90. The van der Waals surface area contributed by atoms with Crippen molar-refractivity contribution in [2.24, 2.45) is 0 Å². The van der Waals surface area contributed by atoms with Crippen molar-refractivity contribution in [3.63, 3.8) is 0 Å². The number of hydrogen-bond donors (Lipinski definition) is 3. The van der Waals surface area contributed by atoms with Gasteiger partial charge in [-0.05, 0) is 65.6 Å². The number of nitrogens with one attached hydrogen (secondary N) is 1. The fourth-order valence-electron chi connectivity index (χ4n) is 3.47. The van der Waals surface area contributed by atoms with Crippen molar-refractivity contribution in [1.82, 2.24) is 5.32 Å². The van der Waals surface area contributed by atoms with Crippen molar-refractivity contribution in [2.75, 3.05) is 26.1 Å². The van der Waals surface area contributed by atoms with Crippen LogP contribution in [-0.4, -0.2) is 35.9 Å². The normalized spacial score (nSPS) is 12.2. The van der Waals surface area contributed by atoms with Gasteiger partial charge < -0.3 is 14.6 Å². The molecule has 0 fully saturated rings. The van der Waals surface area contributed by atoms with Crippen LogP contribution in [0.25, 0.3) is 11.1 Å². The Kier molecular flexibility index (Phi) is 9.12. The first kappa shape index (κ1) is 25.0. The van der Waals surface area contributed by atoms with E-state index in [9.17, 15) is 4.57 Å². The van der Waals surface area contributed by atoms with Crippen LogP contribution in [0.5, 0.6) is 11.5 Å². The summed E-state index contributed by atoms with van der Waals surface area (Å²) in [4.78, 5) is 18.2. The van der Waals surface area contributed by atoms with Crippen molar-refractivity contribution in [2.45, 2.75) is 6.42 Å². The van der Waals surface area contributed by atoms with Crippen molar-refractivity contribution in [3.8, 4) is 11.5 Å². The molecule has 0 spiro atoms. The predicted molar refractivity (Wildman–Crippen MR) is 133 cm³/mol. The highest BCUT2D eigenvalue weighted by atomic mass is 35.5. The molecule has 0 aromatic heterocycles. The zero-order valence-electron chi connectivity index (χ0n) is 18.3. The lowest BCUT2D eigenvalue weighted by atomic mass is 9.88. The van der Waals surface area contributed by atoms with Crippen LogP contribution in [0, 0.1) is 0 Å². The predicted octanol–water partition coefficient (Wildman–Crippen LogP) is 5.34. The second-order valence-corrected chi connectivity index (χ2v) is 8.78. The lowest BCUT2D eigenvalue weighted by molar-refractivity contribution is 0.283. The molecule has 0 aliphatic rings. The fraction of sp³-hybridized carbons (Fsp3) is 0.200. The van der Waals surface area contributed by atoms with Gasteiger partial charge in [0.05, 0.1) is 0 Å². The molecule has 0 bridgehead atoms. The number of likely N-dealkylation sites (N-methyl/N-ethyl adjacent to an activating group) is 1. The minimum absolute atomic E-state index is 0.0957. The molecule has 0 aliphatic heterocycles. The van der Waals surface area contributed by atoms with Gasteiger partial charge in [-0.25, -0.2) is 4.57 Å². The Labute approximate surface area is 199 Å². The summed E-state index contributed by atoms with van der Waals surface area (Å²) in [5.41, 5.74) is 4.95. The van der Waals surface area contributed by atoms with E-state index in [1.165, 1.54) is 0 Å². The molecule has 0 saturated carbocycles. The number of halogens is 1. The number of rotatable bonds is 11. The van der Waals surface area contributed by atoms with Crippen molar-refractivity contribution >= 4 is 30.6 Å². The van der Waals surface area contributed by atoms with Gasteiger partial charge in [-0.2, -0.15) is 0 Å². The van der Waals surface area contributed by atoms with E-state index in [0.717, 1.165) is 40.1 Å². The quantitative estimate of drug-likeness (QED) is 0.146. The van der Waals surface area contributed by atoms with E-state index in [1.807, 2.05) is 61.6 Å². The number of ether oxygens (including phenoxy) is 1. The zero-order chi connectivity index (χ0) is 23.7. The van der Waals surface area contributed by atoms with E-state index in [-0.39, 0.29) is 5.75 Å². The first-order valence-electron chi connectivity index (χ1n) is 10.5. The first-order chi connectivity index (χ1) is 15.9. The van der Waals surface area contributed by atoms with Crippen LogP contribution in [0.4, 0.5) is 0 Å². The number of allylic oxidation sites excluding steroid dienone is 1. The first-order valence-corrected chi connectivity index (χ1v) is 12.6. The van der Waals surface area contributed by atoms with Crippen LogP contribution < -0.4 is 14.6 Å². The summed E-state index contributed by atoms with van der Waals surface area (Å²) in [6, 6.07) is 24.6. The number of alkyl halides is 1. The van der Waals surface area contributed by atoms with Crippen molar-refractivity contribution in [1.29, 1.82) is 0 Å². The maximum atomic E-state index is 11.2. The van der Waals surface area contributed by atoms with Gasteiger partial charge >= 0.3 is 7.82 Å². The second kappa shape index (κ2) is 12.0. The van der Waals surface area contributed by atoms with Gasteiger partial charge in [0, 0.05) is 12.4 Å². The molecular weight excluding hydrogens is 461 g/mol. The van der Waals surface area contributed by atoms with Crippen molar-refractivity contribution < 1.29 is 23.6 Å². The van der Waals surface area contributed by atoms with Gasteiger partial charge in [-0.15, -0.1) is 11.6 Å². The highest BCUT2D eigenvalue weighted by Gasteiger charge is 2.17. The van der Waals surface area contributed by atoms with E-state index >= 15 is 0 Å². The highest BCUT2D eigenvalue weighted by molar-refractivity contribution is 7.46. The van der Waals surface area contributed by atoms with Crippen molar-refractivity contribution in [3.05, 3.63) is 95.6 Å². The Bertz CT molecular complexity index is 1100. The molecule has 6 nitrogen and oxygen atoms in total. The third-order valence-corrected chi connectivity index (χ3v) is 5.54. The molecule has 33 heavy (non-hydrogen) atoms. The Balaban J connectivity index is 2.07. The molecule has 0 heterocycles. The molecule has 0 amide bonds. The van der Waals surface area contributed by atoms with Crippen LogP contribution in [0.1, 0.15) is 23.1 Å². The molecule has 174 valence electrons. The molecule has 3 rings (SSSR count). The average molecular weight is 488 g/mol. The Morgan fingerprint density at radius 2 is 1.45 bits per heavy atom. The van der Waals surface area contributed by atoms with Crippen LogP contribution in [0.2, 0.25) is 0 Å². The Morgan fingerprint density at radius 3 is 1.97 bits per heavy atom. The van der Waals surface area contributed by atoms with Gasteiger partial charge in [0.2, 0.25) is 0 Å². The molecule has 3 N–H and O–H groups in total. The molecule has 3 aromatic carbocycles. The number of benzene rings is 3. The number of hydrogen-bond acceptors (Lipinski definition) is 4. The summed E-state index contributed by atoms with van der Waals surface area (Å²) in [5, 5.41) is 3.05. The number of phosphoric acid groups is 1. The third kappa shape index (κ3) is 7.46. The summed E-state index contributed by atoms with van der Waals surface area (Å²) in [5.74, 6) is 1.31. The monoisotopic (exact) mass is 487 g/mol. The highest BCUT2D eigenvalue weighted by Crippen LogP contribution is 2.39. The SMILES string of the molecule is CNCCOc1ccc(C(=C(CCCl)c2ccccc2)c2ccc(OP(=O)(O)O)cc2)cc1. The molecule has 0 unspecified atom stereocenters. The molecular formula is C25H27ClNO5P. The van der Waals surface area contributed by atoms with Crippen LogP contribution in [0.15, 0.2) is 78.9 Å². The van der Waals surface area contributed by atoms with Crippen LogP contribution >= 0.6 is 19.4 Å². The fourth-order valence-corrected chi connectivity index (χ4v) is 4.06. The lowest BCUT2D eigenvalue weighted by Crippen LogP contribution is -2.15. The van der Waals surface area contributed by atoms with Gasteiger partial charge in [0.15, 0.2) is 0 Å². The largest absolute Gasteiger partial charge is 0.524 e. The smallest absolute Gasteiger partial charge is 0.492 e. The summed E-state index contributed by atoms with van der Waals surface area (Å²) < 4.78 is 21.6. The Morgan fingerprint density at radius 1 is 0.879 bits per heavy atom. The topological polar surface area (TPSA) is 88.0 Å². The molecule has 3 aromatic rings. The summed E-state index contributed by atoms with van der Waals surface area (Å²) in [6.07, 6.45) is 0.641.